The van der Waals surface area contributed by atoms with Gasteiger partial charge in [-0.3, -0.25) is 4.79 Å². The molecule has 4 rings (SSSR count). The van der Waals surface area contributed by atoms with Crippen LogP contribution in [0, 0.1) is 11.6 Å². The zero-order valence-corrected chi connectivity index (χ0v) is 16.2. The highest BCUT2D eigenvalue weighted by molar-refractivity contribution is 7.15. The Morgan fingerprint density at radius 2 is 1.90 bits per heavy atom. The Morgan fingerprint density at radius 3 is 2.59 bits per heavy atom. The molecule has 0 saturated carbocycles. The second-order valence-corrected chi connectivity index (χ2v) is 7.02. The van der Waals surface area contributed by atoms with Crippen molar-refractivity contribution in [1.29, 1.82) is 0 Å². The number of amides is 1. The molecule has 29 heavy (non-hydrogen) atoms. The number of rotatable bonds is 6. The van der Waals surface area contributed by atoms with Gasteiger partial charge in [0, 0.05) is 23.9 Å². The smallest absolute Gasteiger partial charge is 0.257 e. The van der Waals surface area contributed by atoms with Crippen LogP contribution in [0.4, 0.5) is 8.78 Å². The molecular weight excluding hydrogens is 398 g/mol. The first-order chi connectivity index (χ1) is 14.1. The number of thiazole rings is 1. The number of aromatic nitrogens is 3. The molecule has 0 fully saturated rings. The number of carbonyl (C=O) groups excluding carboxylic acids is 1. The van der Waals surface area contributed by atoms with Crippen LogP contribution in [0.3, 0.4) is 0 Å². The van der Waals surface area contributed by atoms with Gasteiger partial charge in [0.15, 0.2) is 5.82 Å². The number of benzene rings is 2. The summed E-state index contributed by atoms with van der Waals surface area (Å²) in [4.78, 5) is 17.3. The number of nitrogens with zero attached hydrogens (tertiary/aromatic N) is 3. The van der Waals surface area contributed by atoms with Crippen molar-refractivity contribution in [3.63, 3.8) is 0 Å². The fourth-order valence-corrected chi connectivity index (χ4v) is 3.72. The molecule has 9 heteroatoms. The van der Waals surface area contributed by atoms with Gasteiger partial charge in [-0.05, 0) is 36.4 Å². The molecule has 2 aromatic heterocycles. The van der Waals surface area contributed by atoms with E-state index in [4.69, 9.17) is 4.74 Å². The number of fused-ring (bicyclic) bond motifs is 1. The maximum Gasteiger partial charge on any atom is 0.257 e. The van der Waals surface area contributed by atoms with Gasteiger partial charge >= 0.3 is 0 Å². The molecule has 6 nitrogen and oxygen atoms in total. The third kappa shape index (κ3) is 3.81. The Bertz CT molecular complexity index is 1150. The highest BCUT2D eigenvalue weighted by Crippen LogP contribution is 2.23. The van der Waals surface area contributed by atoms with E-state index in [9.17, 15) is 13.6 Å². The Hall–Kier alpha value is -3.33. The zero-order chi connectivity index (χ0) is 20.4. The Kier molecular flexibility index (Phi) is 5.22. The number of hydrogen-bond donors (Lipinski definition) is 1. The maximum atomic E-state index is 13.7. The summed E-state index contributed by atoms with van der Waals surface area (Å²) < 4.78 is 34.2. The Balaban J connectivity index is 1.46. The molecule has 0 aliphatic heterocycles. The average molecular weight is 414 g/mol. The minimum atomic E-state index is -0.888. The highest BCUT2D eigenvalue weighted by atomic mass is 32.1. The molecule has 0 spiro atoms. The van der Waals surface area contributed by atoms with Crippen molar-refractivity contribution >= 4 is 22.2 Å². The standard InChI is InChI=1S/C20H16F2N4O2S/c1-28-14-7-5-12(6-8-14)18-24-20-26(25-18)13(11-29-20)9-10-23-19(27)17-15(21)3-2-4-16(17)22/h2-8,11H,9-10H2,1H3,(H,23,27). The van der Waals surface area contributed by atoms with Gasteiger partial charge in [-0.25, -0.2) is 13.3 Å². The predicted molar refractivity (Wildman–Crippen MR) is 105 cm³/mol. The lowest BCUT2D eigenvalue weighted by Gasteiger charge is -2.06. The van der Waals surface area contributed by atoms with Crippen LogP contribution in [0.15, 0.2) is 47.8 Å². The molecule has 0 aliphatic carbocycles. The number of nitrogens with one attached hydrogen (secondary N) is 1. The SMILES string of the molecule is COc1ccc(-c2nc3scc(CCNC(=O)c4c(F)cccc4F)n3n2)cc1. The highest BCUT2D eigenvalue weighted by Gasteiger charge is 2.17. The minimum absolute atomic E-state index is 0.205. The van der Waals surface area contributed by atoms with E-state index in [2.05, 4.69) is 15.4 Å². The predicted octanol–water partition coefficient (Wildman–Crippen LogP) is 3.72. The molecule has 4 aromatic rings. The summed E-state index contributed by atoms with van der Waals surface area (Å²) in [7, 11) is 1.60. The van der Waals surface area contributed by atoms with Crippen molar-refractivity contribution in [1.82, 2.24) is 19.9 Å². The lowest BCUT2D eigenvalue weighted by molar-refractivity contribution is 0.0945. The molecule has 1 N–H and O–H groups in total. The van der Waals surface area contributed by atoms with E-state index in [0.29, 0.717) is 12.2 Å². The summed E-state index contributed by atoms with van der Waals surface area (Å²) in [5, 5.41) is 8.96. The van der Waals surface area contributed by atoms with Gasteiger partial charge in [-0.1, -0.05) is 6.07 Å². The number of carbonyl (C=O) groups is 1. The quantitative estimate of drug-likeness (QED) is 0.522. The molecule has 2 aromatic carbocycles. The van der Waals surface area contributed by atoms with E-state index in [1.54, 1.807) is 11.6 Å². The summed E-state index contributed by atoms with van der Waals surface area (Å²) in [5.74, 6) is -1.23. The van der Waals surface area contributed by atoms with E-state index in [0.717, 1.165) is 34.1 Å². The molecule has 0 bridgehead atoms. The van der Waals surface area contributed by atoms with E-state index < -0.39 is 23.1 Å². The van der Waals surface area contributed by atoms with Crippen molar-refractivity contribution in [2.75, 3.05) is 13.7 Å². The fraction of sp³-hybridized carbons (Fsp3) is 0.150. The van der Waals surface area contributed by atoms with E-state index in [1.165, 1.54) is 17.4 Å². The van der Waals surface area contributed by atoms with Gasteiger partial charge in [0.25, 0.3) is 5.91 Å². The molecule has 1 amide bonds. The third-order valence-corrected chi connectivity index (χ3v) is 5.22. The lowest BCUT2D eigenvalue weighted by atomic mass is 10.2. The monoisotopic (exact) mass is 414 g/mol. The molecule has 0 atom stereocenters. The average Bonchev–Trinajstić information content (AvgIpc) is 3.30. The lowest BCUT2D eigenvalue weighted by Crippen LogP contribution is -2.27. The van der Waals surface area contributed by atoms with Crippen molar-refractivity contribution in [3.8, 4) is 17.1 Å². The number of methoxy groups -OCH3 is 1. The number of ether oxygens (including phenoxy) is 1. The topological polar surface area (TPSA) is 68.5 Å². The molecular formula is C20H16F2N4O2S. The van der Waals surface area contributed by atoms with E-state index in [-0.39, 0.29) is 6.54 Å². The summed E-state index contributed by atoms with van der Waals surface area (Å²) >= 11 is 1.43. The van der Waals surface area contributed by atoms with Crippen LogP contribution in [0.5, 0.6) is 5.75 Å². The van der Waals surface area contributed by atoms with Crippen LogP contribution >= 0.6 is 11.3 Å². The maximum absolute atomic E-state index is 13.7. The summed E-state index contributed by atoms with van der Waals surface area (Å²) in [6.07, 6.45) is 0.438. The van der Waals surface area contributed by atoms with Crippen molar-refractivity contribution < 1.29 is 18.3 Å². The fourth-order valence-electron chi connectivity index (χ4n) is 2.87. The second-order valence-electron chi connectivity index (χ2n) is 6.19. The van der Waals surface area contributed by atoms with Crippen LogP contribution in [-0.2, 0) is 6.42 Å². The normalized spacial score (nSPS) is 11.0. The van der Waals surface area contributed by atoms with Gasteiger partial charge in [0.2, 0.25) is 4.96 Å². The summed E-state index contributed by atoms with van der Waals surface area (Å²) in [6, 6.07) is 10.7. The molecule has 0 unspecified atom stereocenters. The van der Waals surface area contributed by atoms with E-state index >= 15 is 0 Å². The summed E-state index contributed by atoms with van der Waals surface area (Å²) in [6.45, 7) is 0.205. The van der Waals surface area contributed by atoms with Gasteiger partial charge < -0.3 is 10.1 Å². The van der Waals surface area contributed by atoms with Crippen molar-refractivity contribution in [2.45, 2.75) is 6.42 Å². The molecule has 2 heterocycles. The third-order valence-electron chi connectivity index (χ3n) is 4.35. The van der Waals surface area contributed by atoms with Crippen molar-refractivity contribution in [3.05, 3.63) is 70.7 Å². The van der Waals surface area contributed by atoms with Crippen LogP contribution < -0.4 is 10.1 Å². The van der Waals surface area contributed by atoms with Crippen LogP contribution in [0.1, 0.15) is 16.1 Å². The van der Waals surface area contributed by atoms with Gasteiger partial charge in [-0.2, -0.15) is 4.98 Å². The number of halogens is 2. The van der Waals surface area contributed by atoms with Crippen LogP contribution in [-0.4, -0.2) is 34.2 Å². The first-order valence-electron chi connectivity index (χ1n) is 8.76. The van der Waals surface area contributed by atoms with Crippen LogP contribution in [0.2, 0.25) is 0 Å². The van der Waals surface area contributed by atoms with Gasteiger partial charge in [0.05, 0.1) is 12.8 Å². The Morgan fingerprint density at radius 1 is 1.17 bits per heavy atom. The largest absolute Gasteiger partial charge is 0.497 e. The molecule has 148 valence electrons. The molecule has 0 radical (unpaired) electrons. The first-order valence-corrected chi connectivity index (χ1v) is 9.64. The van der Waals surface area contributed by atoms with E-state index in [1.807, 2.05) is 29.6 Å². The van der Waals surface area contributed by atoms with Gasteiger partial charge in [0.1, 0.15) is 22.9 Å². The Labute approximate surface area is 168 Å². The van der Waals surface area contributed by atoms with Gasteiger partial charge in [-0.15, -0.1) is 16.4 Å². The van der Waals surface area contributed by atoms with Crippen LogP contribution in [0.25, 0.3) is 16.3 Å². The summed E-state index contributed by atoms with van der Waals surface area (Å²) in [5.41, 5.74) is 1.12. The first kappa shape index (κ1) is 19.0. The second kappa shape index (κ2) is 7.96. The number of hydrogen-bond acceptors (Lipinski definition) is 5. The molecule has 0 saturated heterocycles. The minimum Gasteiger partial charge on any atom is -0.497 e. The zero-order valence-electron chi connectivity index (χ0n) is 15.4. The van der Waals surface area contributed by atoms with Crippen molar-refractivity contribution in [2.24, 2.45) is 0 Å². The molecule has 0 aliphatic rings.